The highest BCUT2D eigenvalue weighted by molar-refractivity contribution is 9.10. The van der Waals surface area contributed by atoms with Crippen LogP contribution in [-0.4, -0.2) is 37.4 Å². The number of rotatable bonds is 5. The molecule has 19 heavy (non-hydrogen) atoms. The Bertz CT molecular complexity index is 454. The van der Waals surface area contributed by atoms with Crippen molar-refractivity contribution in [2.75, 3.05) is 20.6 Å². The Morgan fingerprint density at radius 2 is 2.00 bits per heavy atom. The molecule has 0 bridgehead atoms. The van der Waals surface area contributed by atoms with Crippen LogP contribution in [0.25, 0.3) is 0 Å². The third kappa shape index (κ3) is 5.03. The lowest BCUT2D eigenvalue weighted by Crippen LogP contribution is -2.29. The Morgan fingerprint density at radius 3 is 2.58 bits per heavy atom. The van der Waals surface area contributed by atoms with Crippen LogP contribution >= 0.6 is 15.9 Å². The molecule has 1 aromatic rings. The van der Waals surface area contributed by atoms with Crippen molar-refractivity contribution in [1.82, 2.24) is 10.2 Å². The van der Waals surface area contributed by atoms with E-state index in [0.717, 1.165) is 10.0 Å². The number of hydrogen-bond acceptors (Lipinski definition) is 2. The van der Waals surface area contributed by atoms with Crippen molar-refractivity contribution in [3.8, 4) is 0 Å². The first kappa shape index (κ1) is 15.7. The summed E-state index contributed by atoms with van der Waals surface area (Å²) in [6, 6.07) is 5.63. The molecule has 0 aliphatic heterocycles. The van der Waals surface area contributed by atoms with E-state index in [9.17, 15) is 9.59 Å². The Balaban J connectivity index is 2.59. The molecular formula is C14H19BrN2O2. The maximum atomic E-state index is 12.2. The maximum absolute atomic E-state index is 12.2. The van der Waals surface area contributed by atoms with E-state index in [1.165, 1.54) is 0 Å². The summed E-state index contributed by atoms with van der Waals surface area (Å²) in [4.78, 5) is 24.9. The molecule has 0 aliphatic carbocycles. The van der Waals surface area contributed by atoms with E-state index in [-0.39, 0.29) is 11.8 Å². The number of carbonyl (C=O) groups excluding carboxylic acids is 2. The molecule has 5 heteroatoms. The topological polar surface area (TPSA) is 49.4 Å². The zero-order valence-electron chi connectivity index (χ0n) is 11.5. The number of hydrogen-bond donors (Lipinski definition) is 1. The van der Waals surface area contributed by atoms with Gasteiger partial charge in [0.15, 0.2) is 0 Å². The van der Waals surface area contributed by atoms with Crippen LogP contribution < -0.4 is 5.32 Å². The fraction of sp³-hybridized carbons (Fsp3) is 0.429. The highest BCUT2D eigenvalue weighted by Gasteiger charge is 2.12. The highest BCUT2D eigenvalue weighted by atomic mass is 79.9. The van der Waals surface area contributed by atoms with Gasteiger partial charge in [-0.3, -0.25) is 9.59 Å². The molecule has 4 nitrogen and oxygen atoms in total. The van der Waals surface area contributed by atoms with Gasteiger partial charge in [0.2, 0.25) is 5.91 Å². The minimum Gasteiger partial charge on any atom is -0.359 e. The van der Waals surface area contributed by atoms with E-state index in [2.05, 4.69) is 21.2 Å². The lowest BCUT2D eigenvalue weighted by atomic mass is 10.1. The molecule has 0 saturated carbocycles. The zero-order chi connectivity index (χ0) is 14.4. The van der Waals surface area contributed by atoms with Gasteiger partial charge in [-0.05, 0) is 37.1 Å². The van der Waals surface area contributed by atoms with Crippen LogP contribution in [0.2, 0.25) is 0 Å². The van der Waals surface area contributed by atoms with Gasteiger partial charge in [-0.2, -0.15) is 0 Å². The standard InChI is InChI=1S/C14H19BrN2O2/c1-10-7-11(9-12(15)8-10)14(19)17(3)6-4-5-13(18)16-2/h7-9H,4-6H2,1-3H3,(H,16,18). The Kier molecular flexibility index (Phi) is 6.02. The predicted octanol–water partition coefficient (Wildman–Crippen LogP) is 2.36. The quantitative estimate of drug-likeness (QED) is 0.903. The second-order valence-electron chi connectivity index (χ2n) is 4.52. The van der Waals surface area contributed by atoms with Crippen LogP contribution in [0.5, 0.6) is 0 Å². The molecule has 0 aromatic heterocycles. The van der Waals surface area contributed by atoms with Crippen molar-refractivity contribution in [2.45, 2.75) is 19.8 Å². The molecule has 0 radical (unpaired) electrons. The van der Waals surface area contributed by atoms with E-state index in [4.69, 9.17) is 0 Å². The molecule has 1 aromatic carbocycles. The summed E-state index contributed by atoms with van der Waals surface area (Å²) < 4.78 is 0.898. The van der Waals surface area contributed by atoms with Gasteiger partial charge in [0.25, 0.3) is 5.91 Å². The van der Waals surface area contributed by atoms with Gasteiger partial charge in [-0.1, -0.05) is 15.9 Å². The maximum Gasteiger partial charge on any atom is 0.253 e. The van der Waals surface area contributed by atoms with E-state index >= 15 is 0 Å². The molecule has 0 saturated heterocycles. The SMILES string of the molecule is CNC(=O)CCCN(C)C(=O)c1cc(C)cc(Br)c1. The first-order chi connectivity index (χ1) is 8.93. The van der Waals surface area contributed by atoms with Gasteiger partial charge in [0, 0.05) is 37.1 Å². The van der Waals surface area contributed by atoms with Gasteiger partial charge in [-0.25, -0.2) is 0 Å². The molecule has 1 N–H and O–H groups in total. The van der Waals surface area contributed by atoms with E-state index in [1.54, 1.807) is 19.0 Å². The molecule has 0 fully saturated rings. The lowest BCUT2D eigenvalue weighted by Gasteiger charge is -2.17. The van der Waals surface area contributed by atoms with Crippen LogP contribution in [0.3, 0.4) is 0 Å². The Labute approximate surface area is 122 Å². The highest BCUT2D eigenvalue weighted by Crippen LogP contribution is 2.16. The van der Waals surface area contributed by atoms with Gasteiger partial charge in [0.1, 0.15) is 0 Å². The summed E-state index contributed by atoms with van der Waals surface area (Å²) in [6.07, 6.45) is 1.10. The molecule has 104 valence electrons. The number of benzene rings is 1. The van der Waals surface area contributed by atoms with Gasteiger partial charge in [-0.15, -0.1) is 0 Å². The molecule has 1 rings (SSSR count). The van der Waals surface area contributed by atoms with Crippen LogP contribution in [0.15, 0.2) is 22.7 Å². The molecule has 0 heterocycles. The number of amides is 2. The Hall–Kier alpha value is -1.36. The number of halogens is 1. The molecule has 2 amide bonds. The number of carbonyl (C=O) groups is 2. The number of aryl methyl sites for hydroxylation is 1. The van der Waals surface area contributed by atoms with Gasteiger partial charge >= 0.3 is 0 Å². The largest absolute Gasteiger partial charge is 0.359 e. The number of nitrogens with one attached hydrogen (secondary N) is 1. The van der Waals surface area contributed by atoms with Crippen molar-refractivity contribution in [1.29, 1.82) is 0 Å². The van der Waals surface area contributed by atoms with Crippen molar-refractivity contribution >= 4 is 27.7 Å². The monoisotopic (exact) mass is 326 g/mol. The number of nitrogens with zero attached hydrogens (tertiary/aromatic N) is 1. The molecule has 0 unspecified atom stereocenters. The fourth-order valence-corrected chi connectivity index (χ4v) is 2.39. The first-order valence-corrected chi connectivity index (χ1v) is 6.96. The summed E-state index contributed by atoms with van der Waals surface area (Å²) in [5, 5.41) is 2.57. The van der Waals surface area contributed by atoms with Crippen LogP contribution in [-0.2, 0) is 4.79 Å². The van der Waals surface area contributed by atoms with Crippen LogP contribution in [0.4, 0.5) is 0 Å². The molecular weight excluding hydrogens is 308 g/mol. The van der Waals surface area contributed by atoms with Crippen molar-refractivity contribution in [3.05, 3.63) is 33.8 Å². The predicted molar refractivity (Wildman–Crippen MR) is 79.1 cm³/mol. The summed E-state index contributed by atoms with van der Waals surface area (Å²) in [5.41, 5.74) is 1.70. The smallest absolute Gasteiger partial charge is 0.253 e. The summed E-state index contributed by atoms with van der Waals surface area (Å²) in [5.74, 6) is -0.0274. The zero-order valence-corrected chi connectivity index (χ0v) is 13.1. The van der Waals surface area contributed by atoms with E-state index in [0.29, 0.717) is 24.9 Å². The van der Waals surface area contributed by atoms with Gasteiger partial charge in [0.05, 0.1) is 0 Å². The minimum absolute atomic E-state index is 0.000788. The van der Waals surface area contributed by atoms with Crippen LogP contribution in [0.1, 0.15) is 28.8 Å². The van der Waals surface area contributed by atoms with E-state index < -0.39 is 0 Å². The fourth-order valence-electron chi connectivity index (χ4n) is 1.78. The molecule has 0 spiro atoms. The van der Waals surface area contributed by atoms with E-state index in [1.807, 2.05) is 25.1 Å². The second kappa shape index (κ2) is 7.28. The Morgan fingerprint density at radius 1 is 1.32 bits per heavy atom. The van der Waals surface area contributed by atoms with Crippen molar-refractivity contribution in [3.63, 3.8) is 0 Å². The third-order valence-corrected chi connectivity index (χ3v) is 3.27. The average molecular weight is 327 g/mol. The summed E-state index contributed by atoms with van der Waals surface area (Å²) in [6.45, 7) is 2.52. The summed E-state index contributed by atoms with van der Waals surface area (Å²) in [7, 11) is 3.36. The third-order valence-electron chi connectivity index (χ3n) is 2.81. The second-order valence-corrected chi connectivity index (χ2v) is 5.44. The minimum atomic E-state index is -0.0266. The average Bonchev–Trinajstić information content (AvgIpc) is 2.36. The summed E-state index contributed by atoms with van der Waals surface area (Å²) >= 11 is 3.39. The van der Waals surface area contributed by atoms with Crippen molar-refractivity contribution in [2.24, 2.45) is 0 Å². The first-order valence-electron chi connectivity index (χ1n) is 6.17. The molecule has 0 aliphatic rings. The lowest BCUT2D eigenvalue weighted by molar-refractivity contribution is -0.120. The molecule has 0 atom stereocenters. The normalized spacial score (nSPS) is 10.1. The van der Waals surface area contributed by atoms with Gasteiger partial charge < -0.3 is 10.2 Å². The van der Waals surface area contributed by atoms with Crippen LogP contribution in [0, 0.1) is 6.92 Å². The van der Waals surface area contributed by atoms with Crippen molar-refractivity contribution < 1.29 is 9.59 Å².